The fourth-order valence-electron chi connectivity index (χ4n) is 3.41. The lowest BCUT2D eigenvalue weighted by atomic mass is 9.71. The Balaban J connectivity index is 1.78. The number of hydrogen-bond donors (Lipinski definition) is 3. The summed E-state index contributed by atoms with van der Waals surface area (Å²) in [6, 6.07) is 0. The zero-order valence-corrected chi connectivity index (χ0v) is 13.0. The second-order valence-electron chi connectivity index (χ2n) is 7.65. The highest BCUT2D eigenvalue weighted by atomic mass is 16.4. The van der Waals surface area contributed by atoms with Crippen LogP contribution in [0.1, 0.15) is 58.8 Å². The Morgan fingerprint density at radius 1 is 1.10 bits per heavy atom. The minimum atomic E-state index is -0.807. The van der Waals surface area contributed by atoms with Gasteiger partial charge in [0.1, 0.15) is 0 Å². The third kappa shape index (κ3) is 4.19. The first-order valence-electron chi connectivity index (χ1n) is 7.94. The molecular formula is C16H27NO4. The molecule has 2 fully saturated rings. The van der Waals surface area contributed by atoms with Gasteiger partial charge in [-0.2, -0.15) is 0 Å². The molecule has 21 heavy (non-hydrogen) atoms. The van der Waals surface area contributed by atoms with Crippen LogP contribution in [0.2, 0.25) is 0 Å². The van der Waals surface area contributed by atoms with E-state index in [0.29, 0.717) is 32.1 Å². The van der Waals surface area contributed by atoms with Gasteiger partial charge in [0.2, 0.25) is 5.91 Å². The fourth-order valence-corrected chi connectivity index (χ4v) is 3.41. The van der Waals surface area contributed by atoms with Crippen LogP contribution in [0.5, 0.6) is 0 Å². The lowest BCUT2D eigenvalue weighted by molar-refractivity contribution is -0.141. The Morgan fingerprint density at radius 3 is 2.19 bits per heavy atom. The summed E-state index contributed by atoms with van der Waals surface area (Å²) in [5.74, 6) is -1.51. The summed E-state index contributed by atoms with van der Waals surface area (Å²) in [6.07, 6.45) is 4.98. The van der Waals surface area contributed by atoms with Gasteiger partial charge in [-0.1, -0.05) is 13.8 Å². The minimum absolute atomic E-state index is 0.1000. The summed E-state index contributed by atoms with van der Waals surface area (Å²) >= 11 is 0. The minimum Gasteiger partial charge on any atom is -0.481 e. The summed E-state index contributed by atoms with van der Waals surface area (Å²) in [5, 5.41) is 22.3. The highest BCUT2D eigenvalue weighted by molar-refractivity contribution is 5.80. The Bertz CT molecular complexity index is 409. The molecule has 0 spiro atoms. The van der Waals surface area contributed by atoms with Crippen LogP contribution in [-0.4, -0.2) is 34.2 Å². The smallest absolute Gasteiger partial charge is 0.306 e. The number of carboxylic acids is 1. The van der Waals surface area contributed by atoms with E-state index in [2.05, 4.69) is 19.2 Å². The molecule has 2 saturated carbocycles. The highest BCUT2D eigenvalue weighted by Crippen LogP contribution is 2.40. The quantitative estimate of drug-likeness (QED) is 0.740. The lowest BCUT2D eigenvalue weighted by Crippen LogP contribution is -2.47. The maximum Gasteiger partial charge on any atom is 0.306 e. The average Bonchev–Trinajstić information content (AvgIpc) is 2.90. The number of amides is 1. The van der Waals surface area contributed by atoms with Crippen LogP contribution in [0.3, 0.4) is 0 Å². The van der Waals surface area contributed by atoms with Crippen LogP contribution in [0.15, 0.2) is 0 Å². The largest absolute Gasteiger partial charge is 0.481 e. The molecule has 5 heteroatoms. The number of carbonyl (C=O) groups is 2. The molecular weight excluding hydrogens is 270 g/mol. The van der Waals surface area contributed by atoms with Crippen molar-refractivity contribution in [2.45, 2.75) is 64.4 Å². The van der Waals surface area contributed by atoms with Gasteiger partial charge in [-0.3, -0.25) is 9.59 Å². The van der Waals surface area contributed by atoms with Crippen LogP contribution < -0.4 is 5.32 Å². The Labute approximate surface area is 126 Å². The van der Waals surface area contributed by atoms with Crippen molar-refractivity contribution in [1.82, 2.24) is 5.32 Å². The van der Waals surface area contributed by atoms with Crippen LogP contribution in [-0.2, 0) is 9.59 Å². The molecule has 0 saturated heterocycles. The van der Waals surface area contributed by atoms with Gasteiger partial charge in [0.25, 0.3) is 0 Å². The summed E-state index contributed by atoms with van der Waals surface area (Å²) in [5.41, 5.74) is -0.521. The van der Waals surface area contributed by atoms with Gasteiger partial charge in [-0.05, 0) is 50.4 Å². The molecule has 0 aromatic heterocycles. The van der Waals surface area contributed by atoms with E-state index in [1.54, 1.807) is 0 Å². The number of nitrogens with one attached hydrogen (secondary N) is 1. The first-order valence-corrected chi connectivity index (χ1v) is 7.94. The van der Waals surface area contributed by atoms with Gasteiger partial charge in [-0.25, -0.2) is 0 Å². The van der Waals surface area contributed by atoms with Crippen molar-refractivity contribution >= 4 is 11.9 Å². The van der Waals surface area contributed by atoms with Gasteiger partial charge in [-0.15, -0.1) is 0 Å². The Hall–Kier alpha value is -1.10. The van der Waals surface area contributed by atoms with Crippen LogP contribution in [0, 0.1) is 17.3 Å². The second kappa shape index (κ2) is 5.95. The van der Waals surface area contributed by atoms with Crippen molar-refractivity contribution in [2.24, 2.45) is 17.3 Å². The van der Waals surface area contributed by atoms with Crippen molar-refractivity contribution in [3.05, 3.63) is 0 Å². The zero-order valence-electron chi connectivity index (χ0n) is 13.0. The van der Waals surface area contributed by atoms with Crippen LogP contribution in [0.4, 0.5) is 0 Å². The van der Waals surface area contributed by atoms with Crippen molar-refractivity contribution in [2.75, 3.05) is 6.54 Å². The van der Waals surface area contributed by atoms with Gasteiger partial charge in [0, 0.05) is 12.5 Å². The van der Waals surface area contributed by atoms with E-state index in [-0.39, 0.29) is 29.7 Å². The van der Waals surface area contributed by atoms with Crippen molar-refractivity contribution in [1.29, 1.82) is 0 Å². The SMILES string of the molecule is CC1(C)CCC(O)(CNC(=O)[C@@H]2CC[C@H](C(=O)O)C2)CC1. The average molecular weight is 297 g/mol. The maximum absolute atomic E-state index is 12.1. The van der Waals surface area contributed by atoms with Gasteiger partial charge in [0.15, 0.2) is 0 Å². The van der Waals surface area contributed by atoms with E-state index in [9.17, 15) is 14.7 Å². The summed E-state index contributed by atoms with van der Waals surface area (Å²) in [7, 11) is 0. The number of rotatable bonds is 4. The van der Waals surface area contributed by atoms with Crippen molar-refractivity contribution < 1.29 is 19.8 Å². The monoisotopic (exact) mass is 297 g/mol. The molecule has 2 rings (SSSR count). The topological polar surface area (TPSA) is 86.6 Å². The van der Waals surface area contributed by atoms with Crippen LogP contribution in [0.25, 0.3) is 0 Å². The fraction of sp³-hybridized carbons (Fsp3) is 0.875. The van der Waals surface area contributed by atoms with Gasteiger partial charge < -0.3 is 15.5 Å². The van der Waals surface area contributed by atoms with E-state index >= 15 is 0 Å². The molecule has 120 valence electrons. The number of carboxylic acid groups (broad SMARTS) is 1. The van der Waals surface area contributed by atoms with Crippen LogP contribution >= 0.6 is 0 Å². The molecule has 0 aliphatic heterocycles. The summed E-state index contributed by atoms with van der Waals surface area (Å²) in [4.78, 5) is 23.0. The lowest BCUT2D eigenvalue weighted by Gasteiger charge is -2.40. The number of carbonyl (C=O) groups excluding carboxylic acids is 1. The maximum atomic E-state index is 12.1. The van der Waals surface area contributed by atoms with E-state index in [1.807, 2.05) is 0 Å². The molecule has 2 aliphatic rings. The first-order chi connectivity index (χ1) is 9.71. The molecule has 5 nitrogen and oxygen atoms in total. The van der Waals surface area contributed by atoms with E-state index in [0.717, 1.165) is 12.8 Å². The molecule has 0 aromatic rings. The third-order valence-corrected chi connectivity index (χ3v) is 5.28. The predicted molar refractivity (Wildman–Crippen MR) is 78.7 cm³/mol. The zero-order chi connectivity index (χ0) is 15.7. The molecule has 0 aromatic carbocycles. The predicted octanol–water partition coefficient (Wildman–Crippen LogP) is 1.93. The highest BCUT2D eigenvalue weighted by Gasteiger charge is 2.38. The second-order valence-corrected chi connectivity index (χ2v) is 7.65. The first kappa shape index (κ1) is 16.3. The van der Waals surface area contributed by atoms with E-state index in [4.69, 9.17) is 5.11 Å². The number of aliphatic carboxylic acids is 1. The normalized spacial score (nSPS) is 30.8. The Morgan fingerprint density at radius 2 is 1.67 bits per heavy atom. The molecule has 2 aliphatic carbocycles. The molecule has 1 amide bonds. The molecule has 3 N–H and O–H groups in total. The van der Waals surface area contributed by atoms with E-state index in [1.165, 1.54) is 0 Å². The molecule has 0 unspecified atom stereocenters. The van der Waals surface area contributed by atoms with E-state index < -0.39 is 11.6 Å². The number of hydrogen-bond acceptors (Lipinski definition) is 3. The standard InChI is InChI=1S/C16H27NO4/c1-15(2)5-7-16(21,8-6-15)10-17-13(18)11-3-4-12(9-11)14(19)20/h11-12,21H,3-10H2,1-2H3,(H,17,18)(H,19,20)/t11-,12+/m1/s1. The third-order valence-electron chi connectivity index (χ3n) is 5.28. The summed E-state index contributed by atoms with van der Waals surface area (Å²) in [6.45, 7) is 4.70. The molecule has 0 heterocycles. The van der Waals surface area contributed by atoms with Gasteiger partial charge >= 0.3 is 5.97 Å². The summed E-state index contributed by atoms with van der Waals surface area (Å²) < 4.78 is 0. The molecule has 2 atom stereocenters. The Kier molecular flexibility index (Phi) is 4.61. The molecule has 0 radical (unpaired) electrons. The number of aliphatic hydroxyl groups is 1. The van der Waals surface area contributed by atoms with Crippen molar-refractivity contribution in [3.8, 4) is 0 Å². The van der Waals surface area contributed by atoms with Crippen molar-refractivity contribution in [3.63, 3.8) is 0 Å². The molecule has 0 bridgehead atoms. The van der Waals surface area contributed by atoms with Gasteiger partial charge in [0.05, 0.1) is 11.5 Å².